The topological polar surface area (TPSA) is 88.5 Å². The molecule has 0 aliphatic carbocycles. The molecule has 5 rings (SSSR count). The van der Waals surface area contributed by atoms with Gasteiger partial charge in [0.15, 0.2) is 0 Å². The van der Waals surface area contributed by atoms with Crippen LogP contribution >= 0.6 is 11.6 Å². The summed E-state index contributed by atoms with van der Waals surface area (Å²) in [7, 11) is 1.89. The number of nitrogens with one attached hydrogen (secondary N) is 2. The number of H-pyrrole nitrogens is 1. The van der Waals surface area contributed by atoms with Gasteiger partial charge in [0, 0.05) is 28.5 Å². The number of carbonyl (C=O) groups is 1. The molecular formula is C24H19ClN6O. The lowest BCUT2D eigenvalue weighted by molar-refractivity contribution is 0.102. The molecule has 0 bridgehead atoms. The van der Waals surface area contributed by atoms with E-state index in [0.717, 1.165) is 16.5 Å². The number of hydrogen-bond acceptors (Lipinski definition) is 4. The predicted octanol–water partition coefficient (Wildman–Crippen LogP) is 5.24. The molecule has 5 aromatic rings. The Labute approximate surface area is 189 Å². The molecule has 0 unspecified atom stereocenters. The molecule has 158 valence electrons. The van der Waals surface area contributed by atoms with E-state index in [1.165, 1.54) is 11.1 Å². The Balaban J connectivity index is 1.51. The van der Waals surface area contributed by atoms with Crippen LogP contribution < -0.4 is 5.32 Å². The Morgan fingerprint density at radius 1 is 1.03 bits per heavy atom. The van der Waals surface area contributed by atoms with Gasteiger partial charge in [-0.15, -0.1) is 10.2 Å². The van der Waals surface area contributed by atoms with Gasteiger partial charge in [-0.2, -0.15) is 5.21 Å². The number of aromatic amines is 1. The van der Waals surface area contributed by atoms with E-state index < -0.39 is 0 Å². The van der Waals surface area contributed by atoms with Gasteiger partial charge in [-0.25, -0.2) is 0 Å². The van der Waals surface area contributed by atoms with Crippen LogP contribution in [0.3, 0.4) is 0 Å². The third kappa shape index (κ3) is 3.52. The molecular weight excluding hydrogens is 424 g/mol. The van der Waals surface area contributed by atoms with Crippen LogP contribution in [0.15, 0.2) is 66.7 Å². The van der Waals surface area contributed by atoms with Crippen molar-refractivity contribution in [2.75, 3.05) is 5.32 Å². The van der Waals surface area contributed by atoms with Crippen molar-refractivity contribution in [3.8, 4) is 22.5 Å². The van der Waals surface area contributed by atoms with Gasteiger partial charge in [0.2, 0.25) is 5.82 Å². The van der Waals surface area contributed by atoms with Gasteiger partial charge < -0.3 is 9.88 Å². The maximum Gasteiger partial charge on any atom is 0.272 e. The van der Waals surface area contributed by atoms with E-state index in [9.17, 15) is 4.79 Å². The number of nitrogens with zero attached hydrogens (tertiary/aromatic N) is 4. The Morgan fingerprint density at radius 3 is 2.66 bits per heavy atom. The maximum atomic E-state index is 13.2. The maximum absolute atomic E-state index is 13.2. The number of anilines is 1. The third-order valence-corrected chi connectivity index (χ3v) is 5.79. The molecule has 0 aliphatic heterocycles. The molecule has 8 heteroatoms. The minimum atomic E-state index is -0.242. The first-order chi connectivity index (χ1) is 15.5. The number of benzene rings is 3. The number of aromatic nitrogens is 5. The highest BCUT2D eigenvalue weighted by molar-refractivity contribution is 6.31. The van der Waals surface area contributed by atoms with Crippen LogP contribution in [-0.4, -0.2) is 31.1 Å². The van der Waals surface area contributed by atoms with E-state index >= 15 is 0 Å². The van der Waals surface area contributed by atoms with Crippen molar-refractivity contribution in [1.82, 2.24) is 25.2 Å². The van der Waals surface area contributed by atoms with E-state index in [1.807, 2.05) is 35.9 Å². The first-order valence-electron chi connectivity index (χ1n) is 10.0. The first kappa shape index (κ1) is 20.0. The lowest BCUT2D eigenvalue weighted by Gasteiger charge is -2.10. The Hall–Kier alpha value is -3.97. The normalized spacial score (nSPS) is 11.1. The molecule has 0 atom stereocenters. The van der Waals surface area contributed by atoms with Gasteiger partial charge in [0.25, 0.3) is 5.91 Å². The Morgan fingerprint density at radius 2 is 1.88 bits per heavy atom. The highest BCUT2D eigenvalue weighted by Gasteiger charge is 2.18. The van der Waals surface area contributed by atoms with E-state index in [0.29, 0.717) is 27.8 Å². The van der Waals surface area contributed by atoms with Crippen molar-refractivity contribution in [2.24, 2.45) is 7.05 Å². The van der Waals surface area contributed by atoms with Crippen molar-refractivity contribution in [3.05, 3.63) is 83.0 Å². The summed E-state index contributed by atoms with van der Waals surface area (Å²) in [5, 5.41) is 18.5. The van der Waals surface area contributed by atoms with Crippen molar-refractivity contribution >= 4 is 34.1 Å². The monoisotopic (exact) mass is 442 g/mol. The average molecular weight is 443 g/mol. The van der Waals surface area contributed by atoms with Crippen LogP contribution in [0.25, 0.3) is 33.4 Å². The molecule has 2 N–H and O–H groups in total. The van der Waals surface area contributed by atoms with Crippen molar-refractivity contribution in [1.29, 1.82) is 0 Å². The van der Waals surface area contributed by atoms with Crippen LogP contribution in [0.1, 0.15) is 16.1 Å². The average Bonchev–Trinajstić information content (AvgIpc) is 3.44. The molecule has 7 nitrogen and oxygen atoms in total. The quantitative estimate of drug-likeness (QED) is 0.398. The molecule has 1 amide bonds. The van der Waals surface area contributed by atoms with Gasteiger partial charge >= 0.3 is 0 Å². The molecule has 0 aliphatic rings. The smallest absolute Gasteiger partial charge is 0.272 e. The number of tetrazole rings is 1. The van der Waals surface area contributed by atoms with Crippen molar-refractivity contribution < 1.29 is 4.79 Å². The summed E-state index contributed by atoms with van der Waals surface area (Å²) < 4.78 is 1.90. The Kier molecular flexibility index (Phi) is 4.95. The van der Waals surface area contributed by atoms with Crippen LogP contribution in [-0.2, 0) is 7.05 Å². The summed E-state index contributed by atoms with van der Waals surface area (Å²) in [6.07, 6.45) is 0. The van der Waals surface area contributed by atoms with Gasteiger partial charge in [-0.1, -0.05) is 48.0 Å². The summed E-state index contributed by atoms with van der Waals surface area (Å²) in [4.78, 5) is 13.2. The number of hydrogen-bond donors (Lipinski definition) is 2. The van der Waals surface area contributed by atoms with Gasteiger partial charge in [-0.05, 0) is 59.2 Å². The first-order valence-corrected chi connectivity index (χ1v) is 10.4. The third-order valence-electron chi connectivity index (χ3n) is 5.55. The minimum Gasteiger partial charge on any atom is -0.340 e. The molecule has 0 fully saturated rings. The number of aryl methyl sites for hydroxylation is 2. The fraction of sp³-hybridized carbons (Fsp3) is 0.0833. The van der Waals surface area contributed by atoms with E-state index in [2.05, 4.69) is 57.1 Å². The molecule has 0 spiro atoms. The summed E-state index contributed by atoms with van der Waals surface area (Å²) in [5.74, 6) is 0.107. The van der Waals surface area contributed by atoms with E-state index in [4.69, 9.17) is 11.6 Å². The van der Waals surface area contributed by atoms with Crippen LogP contribution in [0.2, 0.25) is 5.02 Å². The molecule has 3 aromatic carbocycles. The lowest BCUT2D eigenvalue weighted by atomic mass is 10.00. The second-order valence-electron chi connectivity index (χ2n) is 7.56. The van der Waals surface area contributed by atoms with Crippen LogP contribution in [0.5, 0.6) is 0 Å². The second-order valence-corrected chi connectivity index (χ2v) is 7.99. The Bertz CT molecular complexity index is 1460. The molecule has 0 saturated heterocycles. The number of fused-ring (bicyclic) bond motifs is 1. The number of halogens is 1. The molecule has 2 aromatic heterocycles. The van der Waals surface area contributed by atoms with Gasteiger partial charge in [0.1, 0.15) is 5.69 Å². The van der Waals surface area contributed by atoms with E-state index in [-0.39, 0.29) is 5.91 Å². The summed E-state index contributed by atoms with van der Waals surface area (Å²) >= 11 is 6.14. The SMILES string of the molecule is Cc1ccccc1-c1ccc2cc(C(=O)Nc3ccc(Cl)cc3-c3nn[nH]n3)n(C)c2c1. The lowest BCUT2D eigenvalue weighted by Crippen LogP contribution is -2.16. The van der Waals surface area contributed by atoms with E-state index in [1.54, 1.807) is 18.2 Å². The molecule has 0 saturated carbocycles. The fourth-order valence-electron chi connectivity index (χ4n) is 3.89. The largest absolute Gasteiger partial charge is 0.340 e. The number of amides is 1. The zero-order valence-corrected chi connectivity index (χ0v) is 18.2. The predicted molar refractivity (Wildman–Crippen MR) is 126 cm³/mol. The highest BCUT2D eigenvalue weighted by atomic mass is 35.5. The summed E-state index contributed by atoms with van der Waals surface area (Å²) in [6, 6.07) is 21.5. The highest BCUT2D eigenvalue weighted by Crippen LogP contribution is 2.31. The van der Waals surface area contributed by atoms with Crippen molar-refractivity contribution in [2.45, 2.75) is 6.92 Å². The molecule has 32 heavy (non-hydrogen) atoms. The molecule has 2 heterocycles. The van der Waals surface area contributed by atoms with Crippen LogP contribution in [0, 0.1) is 6.92 Å². The summed E-state index contributed by atoms with van der Waals surface area (Å²) in [6.45, 7) is 2.09. The minimum absolute atomic E-state index is 0.242. The molecule has 0 radical (unpaired) electrons. The van der Waals surface area contributed by atoms with Gasteiger partial charge in [0.05, 0.1) is 5.69 Å². The zero-order chi connectivity index (χ0) is 22.2. The summed E-state index contributed by atoms with van der Waals surface area (Å²) in [5.41, 5.74) is 6.14. The number of carbonyl (C=O) groups excluding carboxylic acids is 1. The number of rotatable bonds is 4. The van der Waals surface area contributed by atoms with Gasteiger partial charge in [-0.3, -0.25) is 4.79 Å². The zero-order valence-electron chi connectivity index (χ0n) is 17.4. The second kappa shape index (κ2) is 7.94. The van der Waals surface area contributed by atoms with Crippen LogP contribution in [0.4, 0.5) is 5.69 Å². The fourth-order valence-corrected chi connectivity index (χ4v) is 4.06. The standard InChI is InChI=1S/C24H19ClN6O/c1-14-5-3-4-6-18(14)15-7-8-16-12-22(31(2)21(16)11-15)24(32)26-20-10-9-17(25)13-19(20)23-27-29-30-28-23/h3-13H,1-2H3,(H,26,32)(H,27,28,29,30). The van der Waals surface area contributed by atoms with Crippen molar-refractivity contribution in [3.63, 3.8) is 0 Å².